The molecule has 0 aliphatic carbocycles. The number of primary amides is 1. The number of nitrogens with one attached hydrogen (secondary N) is 2. The average Bonchev–Trinajstić information content (AvgIpc) is 2.93. The monoisotopic (exact) mass is 516 g/mol. The Bertz CT molecular complexity index is 1260. The molecular weight excluding hydrogens is 480 g/mol. The van der Waals surface area contributed by atoms with Crippen LogP contribution in [-0.4, -0.2) is 63.8 Å². The van der Waals surface area contributed by atoms with Crippen LogP contribution in [0.25, 0.3) is 0 Å². The van der Waals surface area contributed by atoms with Gasteiger partial charge in [0.05, 0.1) is 30.1 Å². The number of ether oxygens (including phenoxy) is 1. The van der Waals surface area contributed by atoms with Crippen LogP contribution in [0.15, 0.2) is 72.8 Å². The maximum absolute atomic E-state index is 13.0. The highest BCUT2D eigenvalue weighted by Gasteiger charge is 2.38. The lowest BCUT2D eigenvalue weighted by Gasteiger charge is -2.40. The van der Waals surface area contributed by atoms with Gasteiger partial charge in [-0.05, 0) is 42.3 Å². The maximum atomic E-state index is 13.0. The van der Waals surface area contributed by atoms with Crippen molar-refractivity contribution in [2.45, 2.75) is 12.0 Å². The fraction of sp³-hybridized carbons (Fsp3) is 0.310. The normalized spacial score (nSPS) is 15.3. The van der Waals surface area contributed by atoms with E-state index in [-0.39, 0.29) is 5.91 Å². The van der Waals surface area contributed by atoms with E-state index in [0.717, 1.165) is 36.4 Å². The number of rotatable bonds is 9. The molecule has 1 aliphatic rings. The Labute approximate surface area is 223 Å². The summed E-state index contributed by atoms with van der Waals surface area (Å²) >= 11 is 0. The molecule has 3 amide bonds. The summed E-state index contributed by atoms with van der Waals surface area (Å²) in [4.78, 5) is 29.8. The summed E-state index contributed by atoms with van der Waals surface area (Å²) in [5.74, 6) is -0.273. The molecular formula is C29H36N6O3. The lowest BCUT2D eigenvalue weighted by atomic mass is 9.78. The Hall–Kier alpha value is -4.08. The van der Waals surface area contributed by atoms with Gasteiger partial charge in [0.25, 0.3) is 5.91 Å². The number of urea groups is 1. The summed E-state index contributed by atoms with van der Waals surface area (Å²) in [5, 5.41) is 5.96. The smallest absolute Gasteiger partial charge is 0.313 e. The summed E-state index contributed by atoms with van der Waals surface area (Å²) in [5.41, 5.74) is 15.1. The van der Waals surface area contributed by atoms with Crippen molar-refractivity contribution in [2.24, 2.45) is 5.73 Å². The van der Waals surface area contributed by atoms with E-state index in [1.54, 1.807) is 24.3 Å². The summed E-state index contributed by atoms with van der Waals surface area (Å²) in [6.45, 7) is 3.73. The first-order valence-electron chi connectivity index (χ1n) is 12.7. The van der Waals surface area contributed by atoms with Gasteiger partial charge in [0.1, 0.15) is 0 Å². The van der Waals surface area contributed by atoms with Crippen LogP contribution >= 0.6 is 0 Å². The number of amides is 3. The predicted molar refractivity (Wildman–Crippen MR) is 151 cm³/mol. The zero-order valence-corrected chi connectivity index (χ0v) is 21.9. The highest BCUT2D eigenvalue weighted by atomic mass is 16.5. The number of nitrogens with zero attached hydrogens (tertiary/aromatic N) is 2. The van der Waals surface area contributed by atoms with Crippen LogP contribution in [0.2, 0.25) is 0 Å². The summed E-state index contributed by atoms with van der Waals surface area (Å²) in [7, 11) is 3.94. The zero-order valence-electron chi connectivity index (χ0n) is 21.9. The van der Waals surface area contributed by atoms with Crippen LogP contribution < -0.4 is 27.0 Å². The van der Waals surface area contributed by atoms with Gasteiger partial charge < -0.3 is 31.7 Å². The van der Waals surface area contributed by atoms with E-state index in [2.05, 4.69) is 15.5 Å². The topological polar surface area (TPSA) is 126 Å². The van der Waals surface area contributed by atoms with Crippen LogP contribution in [0, 0.1) is 0 Å². The van der Waals surface area contributed by atoms with E-state index >= 15 is 0 Å². The first-order chi connectivity index (χ1) is 18.3. The summed E-state index contributed by atoms with van der Waals surface area (Å²) in [6, 6.07) is 21.7. The van der Waals surface area contributed by atoms with Crippen molar-refractivity contribution in [3.63, 3.8) is 0 Å². The Kier molecular flexibility index (Phi) is 8.50. The molecule has 1 atom stereocenters. The number of carbonyl (C=O) groups excluding carboxylic acids is 2. The molecule has 0 saturated carbocycles. The van der Waals surface area contributed by atoms with Gasteiger partial charge >= 0.3 is 6.03 Å². The molecule has 200 valence electrons. The third kappa shape index (κ3) is 6.07. The predicted octanol–water partition coefficient (Wildman–Crippen LogP) is 3.22. The average molecular weight is 517 g/mol. The molecule has 9 nitrogen and oxygen atoms in total. The Morgan fingerprint density at radius 1 is 0.974 bits per heavy atom. The quantitative estimate of drug-likeness (QED) is 0.324. The van der Waals surface area contributed by atoms with Gasteiger partial charge in [0.15, 0.2) is 0 Å². The standard InChI is InChI=1S/C29H36N6O3/c1-34(2)26-10-6-3-7-23(26)29(33-28(31)37,15-16-35-17-19-38-20-18-35)22-13-11-21(12-14-22)27(36)32-25-9-5-4-8-24(25)30/h3-14H,15-20,30H2,1-2H3,(H,32,36)(H3,31,33,37). The van der Waals surface area contributed by atoms with E-state index in [0.29, 0.717) is 36.6 Å². The fourth-order valence-electron chi connectivity index (χ4n) is 4.93. The second kappa shape index (κ2) is 12.0. The lowest BCUT2D eigenvalue weighted by Crippen LogP contribution is -2.52. The number of benzene rings is 3. The van der Waals surface area contributed by atoms with Gasteiger partial charge in [0.2, 0.25) is 0 Å². The maximum Gasteiger partial charge on any atom is 0.313 e. The Morgan fingerprint density at radius 3 is 2.29 bits per heavy atom. The second-order valence-corrected chi connectivity index (χ2v) is 9.63. The van der Waals surface area contributed by atoms with Crippen LogP contribution in [0.5, 0.6) is 0 Å². The number of carbonyl (C=O) groups is 2. The number of nitrogen functional groups attached to an aromatic ring is 1. The molecule has 0 aromatic heterocycles. The van der Waals surface area contributed by atoms with E-state index in [1.165, 1.54) is 0 Å². The van der Waals surface area contributed by atoms with Crippen LogP contribution in [-0.2, 0) is 10.3 Å². The molecule has 0 spiro atoms. The van der Waals surface area contributed by atoms with Crippen LogP contribution in [0.4, 0.5) is 21.9 Å². The van der Waals surface area contributed by atoms with Gasteiger partial charge in [-0.3, -0.25) is 9.69 Å². The van der Waals surface area contributed by atoms with Gasteiger partial charge in [-0.1, -0.05) is 42.5 Å². The third-order valence-corrected chi connectivity index (χ3v) is 6.94. The van der Waals surface area contributed by atoms with Crippen molar-refractivity contribution in [1.29, 1.82) is 0 Å². The van der Waals surface area contributed by atoms with Gasteiger partial charge in [-0.25, -0.2) is 4.79 Å². The highest BCUT2D eigenvalue weighted by Crippen LogP contribution is 2.39. The van der Waals surface area contributed by atoms with E-state index < -0.39 is 11.6 Å². The number of anilines is 3. The van der Waals surface area contributed by atoms with Gasteiger partial charge in [-0.2, -0.15) is 0 Å². The van der Waals surface area contributed by atoms with E-state index in [9.17, 15) is 9.59 Å². The van der Waals surface area contributed by atoms with E-state index in [4.69, 9.17) is 16.2 Å². The number of para-hydroxylation sites is 3. The first-order valence-corrected chi connectivity index (χ1v) is 12.7. The molecule has 9 heteroatoms. The van der Waals surface area contributed by atoms with Crippen molar-refractivity contribution in [2.75, 3.05) is 62.9 Å². The minimum absolute atomic E-state index is 0.273. The minimum atomic E-state index is -0.927. The molecule has 0 radical (unpaired) electrons. The number of hydrogen-bond acceptors (Lipinski definition) is 6. The molecule has 4 rings (SSSR count). The Balaban J connectivity index is 1.73. The van der Waals surface area contributed by atoms with Gasteiger partial charge in [0, 0.05) is 50.5 Å². The largest absolute Gasteiger partial charge is 0.397 e. The fourth-order valence-corrected chi connectivity index (χ4v) is 4.93. The van der Waals surface area contributed by atoms with Crippen molar-refractivity contribution >= 4 is 29.0 Å². The van der Waals surface area contributed by atoms with Crippen molar-refractivity contribution in [3.05, 3.63) is 89.5 Å². The summed E-state index contributed by atoms with van der Waals surface area (Å²) < 4.78 is 5.52. The molecule has 1 aliphatic heterocycles. The first kappa shape index (κ1) is 27.0. The molecule has 1 fully saturated rings. The minimum Gasteiger partial charge on any atom is -0.397 e. The van der Waals surface area contributed by atoms with Gasteiger partial charge in [-0.15, -0.1) is 0 Å². The SMILES string of the molecule is CN(C)c1ccccc1C(CCN1CCOCC1)(NC(N)=O)c1ccc(C(=O)Nc2ccccc2N)cc1. The molecule has 1 saturated heterocycles. The number of nitrogens with two attached hydrogens (primary N) is 2. The molecule has 3 aromatic rings. The molecule has 1 unspecified atom stereocenters. The summed E-state index contributed by atoms with van der Waals surface area (Å²) in [6.07, 6.45) is 0.576. The van der Waals surface area contributed by atoms with Crippen LogP contribution in [0.3, 0.4) is 0 Å². The second-order valence-electron chi connectivity index (χ2n) is 9.63. The molecule has 38 heavy (non-hydrogen) atoms. The van der Waals surface area contributed by atoms with E-state index in [1.807, 2.05) is 67.5 Å². The molecule has 0 bridgehead atoms. The Morgan fingerprint density at radius 2 is 1.63 bits per heavy atom. The highest BCUT2D eigenvalue weighted by molar-refractivity contribution is 6.05. The number of hydrogen-bond donors (Lipinski definition) is 4. The van der Waals surface area contributed by atoms with Crippen molar-refractivity contribution < 1.29 is 14.3 Å². The molecule has 3 aromatic carbocycles. The van der Waals surface area contributed by atoms with Crippen molar-refractivity contribution in [3.8, 4) is 0 Å². The van der Waals surface area contributed by atoms with Crippen molar-refractivity contribution in [1.82, 2.24) is 10.2 Å². The number of morpholine rings is 1. The molecule has 1 heterocycles. The molecule has 6 N–H and O–H groups in total. The lowest BCUT2D eigenvalue weighted by molar-refractivity contribution is 0.0346. The zero-order chi connectivity index (χ0) is 27.1. The van der Waals surface area contributed by atoms with Crippen LogP contribution in [0.1, 0.15) is 27.9 Å². The third-order valence-electron chi connectivity index (χ3n) is 6.94.